The quantitative estimate of drug-likeness (QED) is 0.0906. The number of fused-ring (bicyclic) bond motifs is 5. The molecule has 4 N–H and O–H groups in total. The zero-order valence-electron chi connectivity index (χ0n) is 44.4. The molecule has 76 heavy (non-hydrogen) atoms. The van der Waals surface area contributed by atoms with Crippen LogP contribution in [0.15, 0.2) is 55.0 Å². The van der Waals surface area contributed by atoms with E-state index in [1.54, 1.807) is 28.6 Å². The Hall–Kier alpha value is -6.80. The number of carbonyl (C=O) groups excluding carboxylic acids is 4. The SMILES string of the molecule is COC(=O)NC(C(=O)N1[C@H](C)[C@H](C)C[C@H]1c1ncc(-c2ccc3c(c2)cc2n3C(c3cnc(C4(C)CC4)s3)Oc3cc(-c4cnc([C@@H]5CCCN5C(=O)[C@@H](NC(=O)OC)C(C)C)[nH]4)cc(F)c3-2)[nH]1)C1C[C@@H](C)O[C@@H](C)C1. The number of hydrogen-bond acceptors (Lipinski definition) is 12. The van der Waals surface area contributed by atoms with Crippen molar-refractivity contribution in [3.05, 3.63) is 82.3 Å². The van der Waals surface area contributed by atoms with E-state index in [4.69, 9.17) is 33.9 Å². The van der Waals surface area contributed by atoms with Gasteiger partial charge in [0.25, 0.3) is 0 Å². The zero-order chi connectivity index (χ0) is 53.5. The predicted molar refractivity (Wildman–Crippen MR) is 283 cm³/mol. The molecular formula is C56H67FN10O8S. The van der Waals surface area contributed by atoms with Crippen molar-refractivity contribution in [3.63, 3.8) is 0 Å². The lowest BCUT2D eigenvalue weighted by Gasteiger charge is -2.39. The normalized spacial score (nSPS) is 25.4. The molecule has 0 spiro atoms. The predicted octanol–water partition coefficient (Wildman–Crippen LogP) is 9.95. The van der Waals surface area contributed by atoms with E-state index in [-0.39, 0.29) is 65.3 Å². The van der Waals surface area contributed by atoms with Crippen LogP contribution >= 0.6 is 11.3 Å². The number of H-pyrrole nitrogens is 2. The van der Waals surface area contributed by atoms with E-state index in [2.05, 4.69) is 52.0 Å². The molecule has 4 fully saturated rings. The number of carbonyl (C=O) groups is 4. The van der Waals surface area contributed by atoms with Gasteiger partial charge in [-0.2, -0.15) is 0 Å². The molecule has 3 unspecified atom stereocenters. The van der Waals surface area contributed by atoms with Gasteiger partial charge in [0, 0.05) is 40.7 Å². The number of amides is 4. The van der Waals surface area contributed by atoms with E-state index < -0.39 is 36.3 Å². The first kappa shape index (κ1) is 51.3. The molecule has 4 aliphatic heterocycles. The number of ether oxygens (including phenoxy) is 4. The summed E-state index contributed by atoms with van der Waals surface area (Å²) in [5.41, 5.74) is 4.56. The minimum Gasteiger partial charge on any atom is -0.464 e. The maximum atomic E-state index is 17.1. The van der Waals surface area contributed by atoms with Gasteiger partial charge in [0.15, 0.2) is 0 Å². The van der Waals surface area contributed by atoms with Gasteiger partial charge < -0.3 is 49.3 Å². The maximum absolute atomic E-state index is 17.1. The topological polar surface area (TPSA) is 211 Å². The van der Waals surface area contributed by atoms with Crippen LogP contribution in [0.1, 0.15) is 133 Å². The minimum atomic E-state index is -0.801. The van der Waals surface area contributed by atoms with Gasteiger partial charge in [-0.15, -0.1) is 11.3 Å². The molecule has 4 aromatic heterocycles. The molecule has 10 atom stereocenters. The van der Waals surface area contributed by atoms with Crippen LogP contribution in [-0.2, 0) is 29.2 Å². The first-order valence-electron chi connectivity index (χ1n) is 26.6. The monoisotopic (exact) mass is 1060 g/mol. The third-order valence-electron chi connectivity index (χ3n) is 16.7. The Labute approximate surface area is 444 Å². The number of benzene rings is 2. The lowest BCUT2D eigenvalue weighted by Crippen LogP contribution is -2.55. The van der Waals surface area contributed by atoms with Gasteiger partial charge in [-0.1, -0.05) is 33.8 Å². The second-order valence-corrected chi connectivity index (χ2v) is 23.4. The summed E-state index contributed by atoms with van der Waals surface area (Å²) in [4.78, 5) is 79.6. The van der Waals surface area contributed by atoms with Crippen molar-refractivity contribution in [2.45, 2.75) is 147 Å². The number of thiazole rings is 1. The summed E-state index contributed by atoms with van der Waals surface area (Å²) in [6.45, 7) is 14.7. The lowest BCUT2D eigenvalue weighted by molar-refractivity contribution is -0.140. The number of alkyl carbamates (subject to hydrolysis) is 2. The fourth-order valence-electron chi connectivity index (χ4n) is 12.1. The molecule has 3 saturated heterocycles. The zero-order valence-corrected chi connectivity index (χ0v) is 45.3. The Morgan fingerprint density at radius 1 is 0.842 bits per heavy atom. The summed E-state index contributed by atoms with van der Waals surface area (Å²) in [5, 5.41) is 7.50. The average Bonchev–Trinajstić information content (AvgIpc) is 4.19. The van der Waals surface area contributed by atoms with Gasteiger partial charge in [0.05, 0.1) is 89.0 Å². The first-order valence-corrected chi connectivity index (χ1v) is 27.4. The average molecular weight is 1060 g/mol. The first-order chi connectivity index (χ1) is 36.4. The molecule has 11 rings (SSSR count). The Morgan fingerprint density at radius 2 is 1.53 bits per heavy atom. The maximum Gasteiger partial charge on any atom is 0.407 e. The van der Waals surface area contributed by atoms with Crippen molar-refractivity contribution in [1.29, 1.82) is 0 Å². The number of imidazole rings is 2. The number of rotatable bonds is 12. The van der Waals surface area contributed by atoms with Crippen LogP contribution in [0.25, 0.3) is 44.7 Å². The smallest absolute Gasteiger partial charge is 0.407 e. The molecule has 18 nitrogen and oxygen atoms in total. The van der Waals surface area contributed by atoms with Gasteiger partial charge in [-0.3, -0.25) is 14.2 Å². The second kappa shape index (κ2) is 20.0. The third kappa shape index (κ3) is 9.27. The highest BCUT2D eigenvalue weighted by atomic mass is 32.1. The fraction of sp³-hybridized carbons (Fsp3) is 0.518. The Morgan fingerprint density at radius 3 is 2.21 bits per heavy atom. The summed E-state index contributed by atoms with van der Waals surface area (Å²) in [6.07, 6.45) is 8.71. The van der Waals surface area contributed by atoms with E-state index in [0.29, 0.717) is 72.1 Å². The highest BCUT2D eigenvalue weighted by molar-refractivity contribution is 7.11. The molecule has 5 aliphatic rings. The number of nitrogens with zero attached hydrogens (tertiary/aromatic N) is 6. The molecule has 2 aromatic carbocycles. The molecule has 8 heterocycles. The van der Waals surface area contributed by atoms with E-state index in [1.807, 2.05) is 63.1 Å². The summed E-state index contributed by atoms with van der Waals surface area (Å²) in [7, 11) is 2.58. The van der Waals surface area contributed by atoms with Crippen LogP contribution < -0.4 is 15.4 Å². The number of hydrogen-bond donors (Lipinski definition) is 4. The molecule has 1 saturated carbocycles. The van der Waals surface area contributed by atoms with Gasteiger partial charge >= 0.3 is 12.2 Å². The Balaban J connectivity index is 0.912. The van der Waals surface area contributed by atoms with Gasteiger partial charge in [-0.05, 0) is 114 Å². The summed E-state index contributed by atoms with van der Waals surface area (Å²) < 4.78 is 41.9. The molecule has 0 bridgehead atoms. The number of likely N-dealkylation sites (tertiary alicyclic amines) is 2. The van der Waals surface area contributed by atoms with E-state index in [1.165, 1.54) is 20.3 Å². The van der Waals surface area contributed by atoms with Crippen LogP contribution in [0.3, 0.4) is 0 Å². The second-order valence-electron chi connectivity index (χ2n) is 22.3. The van der Waals surface area contributed by atoms with Crippen molar-refractivity contribution in [2.75, 3.05) is 20.8 Å². The van der Waals surface area contributed by atoms with E-state index in [0.717, 1.165) is 51.3 Å². The molecule has 1 aliphatic carbocycles. The molecule has 4 amide bonds. The van der Waals surface area contributed by atoms with Crippen LogP contribution in [-0.4, -0.2) is 114 Å². The number of halogens is 1. The lowest BCUT2D eigenvalue weighted by atomic mass is 9.85. The number of aromatic amines is 2. The van der Waals surface area contributed by atoms with Crippen molar-refractivity contribution in [2.24, 2.45) is 17.8 Å². The fourth-order valence-corrected chi connectivity index (χ4v) is 13.3. The molecular weight excluding hydrogens is 992 g/mol. The number of aromatic nitrogens is 6. The highest BCUT2D eigenvalue weighted by Crippen LogP contribution is 2.52. The van der Waals surface area contributed by atoms with Crippen molar-refractivity contribution >= 4 is 46.2 Å². The van der Waals surface area contributed by atoms with Crippen LogP contribution in [0.2, 0.25) is 0 Å². The van der Waals surface area contributed by atoms with Crippen molar-refractivity contribution in [3.8, 4) is 39.5 Å². The van der Waals surface area contributed by atoms with E-state index in [9.17, 15) is 19.2 Å². The largest absolute Gasteiger partial charge is 0.464 e. The molecule has 6 aromatic rings. The Kier molecular flexibility index (Phi) is 13.5. The Bertz CT molecular complexity index is 3200. The van der Waals surface area contributed by atoms with Crippen molar-refractivity contribution < 1.29 is 42.5 Å². The van der Waals surface area contributed by atoms with Crippen molar-refractivity contribution in [1.82, 2.24) is 49.9 Å². The van der Waals surface area contributed by atoms with Gasteiger partial charge in [0.1, 0.15) is 35.3 Å². The number of nitrogens with one attached hydrogen (secondary N) is 4. The molecule has 20 heteroatoms. The summed E-state index contributed by atoms with van der Waals surface area (Å²) in [6, 6.07) is 9.00. The van der Waals surface area contributed by atoms with Crippen LogP contribution in [0, 0.1) is 23.6 Å². The molecule has 0 radical (unpaired) electrons. The van der Waals surface area contributed by atoms with Gasteiger partial charge in [0.2, 0.25) is 18.0 Å². The highest BCUT2D eigenvalue weighted by Gasteiger charge is 2.47. The van der Waals surface area contributed by atoms with E-state index >= 15 is 4.39 Å². The summed E-state index contributed by atoms with van der Waals surface area (Å²) >= 11 is 1.62. The molecule has 402 valence electrons. The summed E-state index contributed by atoms with van der Waals surface area (Å²) in [5.74, 6) is 0.558. The standard InChI is InChI=1S/C56H67FN10O8S/c1-27(2)46(63-54(70)72-8)50(68)65-16-10-11-40(65)48-58-25-38(62-48)33-21-36(57)45-41-22-34-20-32(12-13-39(34)67(41)52(75-43(45)23-33)44-26-60-53(76-44)56(7)14-15-56)37-24-59-49(61-37)42-17-28(3)31(6)66(42)51(69)47(64-55(71)73-9)35-18-29(4)74-30(5)19-35/h12-13,20-31,35,40,42,46-47,52H,10-11,14-19H2,1-9H3,(H,58,62)(H,59,61)(H,63,70)(H,64,71)/t28-,29-,30+,31-,35?,40+,42+,46+,47?,52?/m1/s1. The minimum absolute atomic E-state index is 0.0301. The number of methoxy groups -OCH3 is 2. The van der Waals surface area contributed by atoms with Crippen LogP contribution in [0.5, 0.6) is 5.75 Å². The van der Waals surface area contributed by atoms with Gasteiger partial charge in [-0.25, -0.2) is 28.9 Å². The third-order valence-corrected chi connectivity index (χ3v) is 18.0. The van der Waals surface area contributed by atoms with Crippen LogP contribution in [0.4, 0.5) is 14.0 Å².